The molecule has 1 N–H and O–H groups in total. The molecule has 0 bridgehead atoms. The molecule has 3 aromatic rings. The molecule has 24 heavy (non-hydrogen) atoms. The summed E-state index contributed by atoms with van der Waals surface area (Å²) in [5.41, 5.74) is 5.98. The summed E-state index contributed by atoms with van der Waals surface area (Å²) in [6.45, 7) is 4.94. The third-order valence-corrected chi connectivity index (χ3v) is 4.58. The van der Waals surface area contributed by atoms with Crippen molar-refractivity contribution in [1.29, 1.82) is 0 Å². The van der Waals surface area contributed by atoms with E-state index in [-0.39, 0.29) is 0 Å². The van der Waals surface area contributed by atoms with Crippen molar-refractivity contribution < 1.29 is 0 Å². The molecule has 0 saturated carbocycles. The van der Waals surface area contributed by atoms with E-state index in [4.69, 9.17) is 0 Å². The Bertz CT molecular complexity index is 873. The SMILES string of the molecule is Cc1cccc2c(NCc3ccc(N4CC=CC4)cc3)ccnc12. The molecule has 4 rings (SSSR count). The molecule has 0 aliphatic carbocycles. The molecule has 0 unspecified atom stereocenters. The number of rotatable bonds is 4. The molecular weight excluding hydrogens is 294 g/mol. The van der Waals surface area contributed by atoms with Crippen LogP contribution in [0.2, 0.25) is 0 Å². The van der Waals surface area contributed by atoms with E-state index >= 15 is 0 Å². The Labute approximate surface area is 142 Å². The van der Waals surface area contributed by atoms with Gasteiger partial charge in [0.1, 0.15) is 0 Å². The lowest BCUT2D eigenvalue weighted by Gasteiger charge is -2.18. The molecule has 0 fully saturated rings. The molecular formula is C21H21N3. The minimum Gasteiger partial charge on any atom is -0.380 e. The quantitative estimate of drug-likeness (QED) is 0.717. The van der Waals surface area contributed by atoms with Crippen LogP contribution in [-0.4, -0.2) is 18.1 Å². The number of para-hydroxylation sites is 1. The highest BCUT2D eigenvalue weighted by Crippen LogP contribution is 2.24. The number of anilines is 2. The van der Waals surface area contributed by atoms with Gasteiger partial charge in [0.05, 0.1) is 5.52 Å². The fourth-order valence-electron chi connectivity index (χ4n) is 3.19. The van der Waals surface area contributed by atoms with Crippen molar-refractivity contribution in [3.05, 3.63) is 78.0 Å². The Morgan fingerprint density at radius 1 is 1.00 bits per heavy atom. The van der Waals surface area contributed by atoms with Crippen LogP contribution in [-0.2, 0) is 6.54 Å². The second-order valence-corrected chi connectivity index (χ2v) is 6.23. The van der Waals surface area contributed by atoms with E-state index < -0.39 is 0 Å². The Kier molecular flexibility index (Phi) is 3.91. The first-order valence-corrected chi connectivity index (χ1v) is 8.38. The zero-order valence-corrected chi connectivity index (χ0v) is 13.9. The number of nitrogens with zero attached hydrogens (tertiary/aromatic N) is 2. The van der Waals surface area contributed by atoms with Gasteiger partial charge >= 0.3 is 0 Å². The van der Waals surface area contributed by atoms with Gasteiger partial charge in [0.25, 0.3) is 0 Å². The predicted octanol–water partition coefficient (Wildman–Crippen LogP) is 4.53. The van der Waals surface area contributed by atoms with Gasteiger partial charge in [0, 0.05) is 42.6 Å². The summed E-state index contributed by atoms with van der Waals surface area (Å²) in [6.07, 6.45) is 6.30. The third-order valence-electron chi connectivity index (χ3n) is 4.58. The number of hydrogen-bond donors (Lipinski definition) is 1. The van der Waals surface area contributed by atoms with Crippen molar-refractivity contribution >= 4 is 22.3 Å². The third kappa shape index (κ3) is 2.85. The largest absolute Gasteiger partial charge is 0.380 e. The van der Waals surface area contributed by atoms with Crippen LogP contribution < -0.4 is 10.2 Å². The maximum absolute atomic E-state index is 4.50. The zero-order valence-electron chi connectivity index (χ0n) is 13.9. The summed E-state index contributed by atoms with van der Waals surface area (Å²) in [5, 5.41) is 4.73. The lowest BCUT2D eigenvalue weighted by atomic mass is 10.1. The summed E-state index contributed by atoms with van der Waals surface area (Å²) in [5.74, 6) is 0. The van der Waals surface area contributed by atoms with Crippen molar-refractivity contribution in [3.63, 3.8) is 0 Å². The summed E-state index contributed by atoms with van der Waals surface area (Å²) in [4.78, 5) is 6.86. The van der Waals surface area contributed by atoms with Crippen molar-refractivity contribution in [3.8, 4) is 0 Å². The van der Waals surface area contributed by atoms with Gasteiger partial charge in [-0.25, -0.2) is 0 Å². The van der Waals surface area contributed by atoms with Crippen LogP contribution in [0.1, 0.15) is 11.1 Å². The standard InChI is InChI=1S/C21H21N3/c1-16-5-4-6-19-20(11-12-22-21(16)19)23-15-17-7-9-18(10-8-17)24-13-2-3-14-24/h2-12H,13-15H2,1H3,(H,22,23). The highest BCUT2D eigenvalue weighted by molar-refractivity contribution is 5.92. The van der Waals surface area contributed by atoms with Gasteiger partial charge in [-0.3, -0.25) is 4.98 Å². The molecule has 0 amide bonds. The summed E-state index contributed by atoms with van der Waals surface area (Å²) in [6, 6.07) is 17.2. The molecule has 1 aromatic heterocycles. The maximum Gasteiger partial charge on any atom is 0.0751 e. The van der Waals surface area contributed by atoms with Crippen LogP contribution in [0.5, 0.6) is 0 Å². The maximum atomic E-state index is 4.50. The summed E-state index contributed by atoms with van der Waals surface area (Å²) < 4.78 is 0. The van der Waals surface area contributed by atoms with Gasteiger partial charge < -0.3 is 10.2 Å². The first kappa shape index (κ1) is 14.8. The number of benzene rings is 2. The zero-order chi connectivity index (χ0) is 16.4. The second kappa shape index (κ2) is 6.36. The highest BCUT2D eigenvalue weighted by atomic mass is 15.1. The molecule has 2 heterocycles. The smallest absolute Gasteiger partial charge is 0.0751 e. The number of hydrogen-bond acceptors (Lipinski definition) is 3. The second-order valence-electron chi connectivity index (χ2n) is 6.23. The van der Waals surface area contributed by atoms with E-state index in [0.717, 1.165) is 30.8 Å². The Balaban J connectivity index is 1.50. The average molecular weight is 315 g/mol. The molecule has 3 nitrogen and oxygen atoms in total. The van der Waals surface area contributed by atoms with Gasteiger partial charge in [-0.1, -0.05) is 42.5 Å². The van der Waals surface area contributed by atoms with Crippen molar-refractivity contribution in [1.82, 2.24) is 4.98 Å². The number of aryl methyl sites for hydroxylation is 1. The van der Waals surface area contributed by atoms with Crippen LogP contribution in [0.15, 0.2) is 66.9 Å². The Hall–Kier alpha value is -2.81. The summed E-state index contributed by atoms with van der Waals surface area (Å²) >= 11 is 0. The molecule has 2 aromatic carbocycles. The minimum atomic E-state index is 0.811. The van der Waals surface area contributed by atoms with E-state index in [2.05, 4.69) is 76.7 Å². The molecule has 0 radical (unpaired) electrons. The van der Waals surface area contributed by atoms with E-state index in [1.807, 2.05) is 12.3 Å². The van der Waals surface area contributed by atoms with Crippen LogP contribution in [0.3, 0.4) is 0 Å². The highest BCUT2D eigenvalue weighted by Gasteiger charge is 2.07. The average Bonchev–Trinajstić information content (AvgIpc) is 3.15. The van der Waals surface area contributed by atoms with Crippen LogP contribution in [0, 0.1) is 6.92 Å². The van der Waals surface area contributed by atoms with Gasteiger partial charge in [-0.2, -0.15) is 0 Å². The molecule has 0 saturated heterocycles. The normalized spacial score (nSPS) is 13.6. The van der Waals surface area contributed by atoms with Crippen LogP contribution >= 0.6 is 0 Å². The summed E-state index contributed by atoms with van der Waals surface area (Å²) in [7, 11) is 0. The molecule has 3 heteroatoms. The van der Waals surface area contributed by atoms with Gasteiger partial charge in [-0.15, -0.1) is 0 Å². The first-order chi connectivity index (χ1) is 11.8. The fourth-order valence-corrected chi connectivity index (χ4v) is 3.19. The topological polar surface area (TPSA) is 28.2 Å². The van der Waals surface area contributed by atoms with Crippen LogP contribution in [0.25, 0.3) is 10.9 Å². The Morgan fingerprint density at radius 3 is 2.58 bits per heavy atom. The van der Waals surface area contributed by atoms with Crippen LogP contribution in [0.4, 0.5) is 11.4 Å². The van der Waals surface area contributed by atoms with E-state index in [1.54, 1.807) is 0 Å². The molecule has 0 atom stereocenters. The van der Waals surface area contributed by atoms with E-state index in [1.165, 1.54) is 22.2 Å². The van der Waals surface area contributed by atoms with Gasteiger partial charge in [0.2, 0.25) is 0 Å². The molecule has 1 aliphatic rings. The number of fused-ring (bicyclic) bond motifs is 1. The predicted molar refractivity (Wildman–Crippen MR) is 102 cm³/mol. The number of nitrogens with one attached hydrogen (secondary N) is 1. The monoisotopic (exact) mass is 315 g/mol. The molecule has 0 spiro atoms. The lowest BCUT2D eigenvalue weighted by molar-refractivity contribution is 1.00. The van der Waals surface area contributed by atoms with E-state index in [0.29, 0.717) is 0 Å². The fraction of sp³-hybridized carbons (Fsp3) is 0.190. The Morgan fingerprint density at radius 2 is 1.79 bits per heavy atom. The number of aromatic nitrogens is 1. The molecule has 1 aliphatic heterocycles. The van der Waals surface area contributed by atoms with Gasteiger partial charge in [-0.05, 0) is 36.2 Å². The lowest BCUT2D eigenvalue weighted by Crippen LogP contribution is -2.18. The van der Waals surface area contributed by atoms with Gasteiger partial charge in [0.15, 0.2) is 0 Å². The molecule has 120 valence electrons. The number of pyridine rings is 1. The van der Waals surface area contributed by atoms with E-state index in [9.17, 15) is 0 Å². The first-order valence-electron chi connectivity index (χ1n) is 8.38. The van der Waals surface area contributed by atoms with Crippen molar-refractivity contribution in [2.75, 3.05) is 23.3 Å². The van der Waals surface area contributed by atoms with Crippen molar-refractivity contribution in [2.45, 2.75) is 13.5 Å². The minimum absolute atomic E-state index is 0.811. The van der Waals surface area contributed by atoms with Crippen molar-refractivity contribution in [2.24, 2.45) is 0 Å².